The van der Waals surface area contributed by atoms with Gasteiger partial charge in [-0.25, -0.2) is 14.3 Å². The van der Waals surface area contributed by atoms with Crippen LogP contribution < -0.4 is 4.74 Å². The maximum atomic E-state index is 5.70. The van der Waals surface area contributed by atoms with Gasteiger partial charge in [0.05, 0.1) is 5.69 Å². The zero-order valence-corrected chi connectivity index (χ0v) is 11.6. The van der Waals surface area contributed by atoms with Crippen LogP contribution in [0, 0.1) is 0 Å². The quantitative estimate of drug-likeness (QED) is 0.677. The summed E-state index contributed by atoms with van der Waals surface area (Å²) >= 11 is 0. The van der Waals surface area contributed by atoms with E-state index in [0.29, 0.717) is 6.61 Å². The van der Waals surface area contributed by atoms with Crippen LogP contribution in [0.5, 0.6) is 5.75 Å². The Balaban J connectivity index is 1.64. The molecule has 0 bridgehead atoms. The molecule has 0 spiro atoms. The fraction of sp³-hybridized carbons (Fsp3) is 0.308. The first kappa shape index (κ1) is 13.2. The van der Waals surface area contributed by atoms with Crippen LogP contribution in [0.3, 0.4) is 0 Å². The Labute approximate surface area is 121 Å². The van der Waals surface area contributed by atoms with Gasteiger partial charge in [-0.05, 0) is 41.1 Å². The second-order valence-electron chi connectivity index (χ2n) is 4.44. The smallest absolute Gasteiger partial charge is 0.189 e. The molecule has 0 unspecified atom stereocenters. The van der Waals surface area contributed by atoms with Crippen LogP contribution in [0.2, 0.25) is 0 Å². The molecule has 0 amide bonds. The highest BCUT2D eigenvalue weighted by atomic mass is 16.5. The predicted octanol–water partition coefficient (Wildman–Crippen LogP) is 1.24. The Kier molecular flexibility index (Phi) is 3.85. The minimum Gasteiger partial charge on any atom is -0.486 e. The Morgan fingerprint density at radius 2 is 2.05 bits per heavy atom. The maximum Gasteiger partial charge on any atom is 0.189 e. The highest BCUT2D eigenvalue weighted by molar-refractivity contribution is 5.36. The summed E-state index contributed by atoms with van der Waals surface area (Å²) in [6.07, 6.45) is 4.12. The summed E-state index contributed by atoms with van der Waals surface area (Å²) in [7, 11) is 0. The maximum absolute atomic E-state index is 5.70. The van der Waals surface area contributed by atoms with Gasteiger partial charge < -0.3 is 4.74 Å². The van der Waals surface area contributed by atoms with Crippen molar-refractivity contribution in [3.05, 3.63) is 42.7 Å². The van der Waals surface area contributed by atoms with Gasteiger partial charge in [0.15, 0.2) is 5.82 Å². The molecule has 8 heteroatoms. The average molecular weight is 285 g/mol. The number of hydrogen-bond donors (Lipinski definition) is 0. The molecule has 1 aromatic carbocycles. The summed E-state index contributed by atoms with van der Waals surface area (Å²) in [5.74, 6) is 1.47. The molecular formula is C13H15N7O. The number of tetrazole rings is 1. The Hall–Kier alpha value is -2.77. The minimum atomic E-state index is 0.343. The van der Waals surface area contributed by atoms with E-state index in [1.165, 1.54) is 6.33 Å². The number of aryl methyl sites for hydroxylation is 1. The molecule has 2 heterocycles. The van der Waals surface area contributed by atoms with Gasteiger partial charge in [-0.2, -0.15) is 5.10 Å². The Bertz CT molecular complexity index is 675. The van der Waals surface area contributed by atoms with Crippen molar-refractivity contribution in [2.24, 2.45) is 0 Å². The number of rotatable bonds is 6. The summed E-state index contributed by atoms with van der Waals surface area (Å²) < 4.78 is 9.14. The van der Waals surface area contributed by atoms with Crippen LogP contribution in [0.1, 0.15) is 19.2 Å². The first-order valence-electron chi connectivity index (χ1n) is 6.69. The van der Waals surface area contributed by atoms with Crippen molar-refractivity contribution >= 4 is 0 Å². The molecule has 0 saturated heterocycles. The first-order chi connectivity index (χ1) is 10.4. The summed E-state index contributed by atoms with van der Waals surface area (Å²) in [6.45, 7) is 3.21. The Morgan fingerprint density at radius 3 is 2.76 bits per heavy atom. The van der Waals surface area contributed by atoms with Crippen molar-refractivity contribution in [2.75, 3.05) is 0 Å². The largest absolute Gasteiger partial charge is 0.486 e. The molecule has 0 atom stereocenters. The summed E-state index contributed by atoms with van der Waals surface area (Å²) in [5, 5.41) is 15.6. The molecule has 0 radical (unpaired) electrons. The molecule has 3 rings (SSSR count). The highest BCUT2D eigenvalue weighted by Gasteiger charge is 2.06. The second-order valence-corrected chi connectivity index (χ2v) is 4.44. The topological polar surface area (TPSA) is 83.5 Å². The van der Waals surface area contributed by atoms with Gasteiger partial charge in [-0.3, -0.25) is 0 Å². The van der Waals surface area contributed by atoms with Crippen molar-refractivity contribution in [3.8, 4) is 11.4 Å². The van der Waals surface area contributed by atoms with Crippen LogP contribution >= 0.6 is 0 Å². The van der Waals surface area contributed by atoms with E-state index in [-0.39, 0.29) is 0 Å². The highest BCUT2D eigenvalue weighted by Crippen LogP contribution is 2.15. The fourth-order valence-electron chi connectivity index (χ4n) is 1.90. The zero-order valence-electron chi connectivity index (χ0n) is 11.6. The van der Waals surface area contributed by atoms with E-state index >= 15 is 0 Å². The third kappa shape index (κ3) is 3.04. The predicted molar refractivity (Wildman–Crippen MR) is 73.8 cm³/mol. The van der Waals surface area contributed by atoms with Crippen LogP contribution in [0.25, 0.3) is 5.69 Å². The molecule has 0 fully saturated rings. The lowest BCUT2D eigenvalue weighted by molar-refractivity contribution is 0.286. The number of nitrogens with zero attached hydrogens (tertiary/aromatic N) is 7. The van der Waals surface area contributed by atoms with Crippen molar-refractivity contribution in [1.82, 2.24) is 35.0 Å². The normalized spacial score (nSPS) is 10.7. The summed E-state index contributed by atoms with van der Waals surface area (Å²) in [4.78, 5) is 3.91. The number of benzene rings is 1. The van der Waals surface area contributed by atoms with Gasteiger partial charge in [0, 0.05) is 6.54 Å². The summed E-state index contributed by atoms with van der Waals surface area (Å²) in [5.41, 5.74) is 0.927. The van der Waals surface area contributed by atoms with Gasteiger partial charge in [0.2, 0.25) is 0 Å². The van der Waals surface area contributed by atoms with E-state index in [1.807, 2.05) is 24.3 Å². The lowest BCUT2D eigenvalue weighted by Gasteiger charge is -2.07. The zero-order chi connectivity index (χ0) is 14.5. The van der Waals surface area contributed by atoms with Gasteiger partial charge in [0.25, 0.3) is 0 Å². The van der Waals surface area contributed by atoms with E-state index in [9.17, 15) is 0 Å². The van der Waals surface area contributed by atoms with Gasteiger partial charge in [0.1, 0.15) is 25.0 Å². The SMILES string of the molecule is CCCn1nnnc1COc1ccc(-n2cncn2)cc1. The van der Waals surface area contributed by atoms with Crippen LogP contribution in [-0.4, -0.2) is 35.0 Å². The van der Waals surface area contributed by atoms with Gasteiger partial charge in [-0.15, -0.1) is 5.10 Å². The van der Waals surface area contributed by atoms with E-state index in [4.69, 9.17) is 4.74 Å². The minimum absolute atomic E-state index is 0.343. The fourth-order valence-corrected chi connectivity index (χ4v) is 1.90. The third-order valence-corrected chi connectivity index (χ3v) is 2.93. The average Bonchev–Trinajstić information content (AvgIpc) is 3.18. The third-order valence-electron chi connectivity index (χ3n) is 2.93. The molecule has 8 nitrogen and oxygen atoms in total. The van der Waals surface area contributed by atoms with E-state index in [0.717, 1.165) is 30.2 Å². The molecule has 0 aliphatic carbocycles. The molecule has 21 heavy (non-hydrogen) atoms. The van der Waals surface area contributed by atoms with Crippen molar-refractivity contribution < 1.29 is 4.74 Å². The number of hydrogen-bond acceptors (Lipinski definition) is 6. The number of aromatic nitrogens is 7. The van der Waals surface area contributed by atoms with Crippen LogP contribution in [-0.2, 0) is 13.2 Å². The van der Waals surface area contributed by atoms with Crippen LogP contribution in [0.4, 0.5) is 0 Å². The molecule has 0 saturated carbocycles. The van der Waals surface area contributed by atoms with Gasteiger partial charge >= 0.3 is 0 Å². The molecule has 0 aliphatic rings. The molecule has 108 valence electrons. The first-order valence-corrected chi connectivity index (χ1v) is 6.69. The standard InChI is InChI=1S/C13H15N7O/c1-2-7-19-13(16-17-18-19)8-21-12-5-3-11(4-6-12)20-10-14-9-15-20/h3-6,9-10H,2,7-8H2,1H3. The lowest BCUT2D eigenvalue weighted by atomic mass is 10.3. The van der Waals surface area contributed by atoms with E-state index < -0.39 is 0 Å². The lowest BCUT2D eigenvalue weighted by Crippen LogP contribution is -2.08. The Morgan fingerprint density at radius 1 is 1.19 bits per heavy atom. The second kappa shape index (κ2) is 6.12. The molecular weight excluding hydrogens is 270 g/mol. The van der Waals surface area contributed by atoms with E-state index in [1.54, 1.807) is 15.7 Å². The molecule has 0 N–H and O–H groups in total. The van der Waals surface area contributed by atoms with Gasteiger partial charge in [-0.1, -0.05) is 6.92 Å². The molecule has 3 aromatic rings. The monoisotopic (exact) mass is 285 g/mol. The number of ether oxygens (including phenoxy) is 1. The van der Waals surface area contributed by atoms with E-state index in [2.05, 4.69) is 32.5 Å². The van der Waals surface area contributed by atoms with Crippen molar-refractivity contribution in [1.29, 1.82) is 0 Å². The molecule has 2 aromatic heterocycles. The van der Waals surface area contributed by atoms with Crippen molar-refractivity contribution in [3.63, 3.8) is 0 Å². The molecule has 0 aliphatic heterocycles. The van der Waals surface area contributed by atoms with Crippen LogP contribution in [0.15, 0.2) is 36.9 Å². The summed E-state index contributed by atoms with van der Waals surface area (Å²) in [6, 6.07) is 7.59. The van der Waals surface area contributed by atoms with Crippen molar-refractivity contribution in [2.45, 2.75) is 26.5 Å².